The minimum atomic E-state index is -3.36. The number of sulfonamides is 1. The molecule has 0 amide bonds. The van der Waals surface area contributed by atoms with E-state index in [1.165, 1.54) is 0 Å². The Kier molecular flexibility index (Phi) is 4.40. The predicted molar refractivity (Wildman–Crippen MR) is 76.2 cm³/mol. The number of hydrogen-bond acceptors (Lipinski definition) is 3. The number of nitrogens with one attached hydrogen (secondary N) is 2. The first-order chi connectivity index (χ1) is 8.17. The van der Waals surface area contributed by atoms with Gasteiger partial charge in [-0.3, -0.25) is 4.72 Å². The Balaban J connectivity index is 2.89. The van der Waals surface area contributed by atoms with Gasteiger partial charge in [0.05, 0.1) is 4.75 Å². The first-order valence-corrected chi connectivity index (χ1v) is 7.45. The fraction of sp³-hybridized carbons (Fsp3) is 0.538. The third-order valence-corrected chi connectivity index (χ3v) is 5.02. The van der Waals surface area contributed by atoms with Gasteiger partial charge in [0.25, 0.3) is 0 Å². The summed E-state index contributed by atoms with van der Waals surface area (Å²) < 4.78 is 25.7. The molecule has 1 rings (SSSR count). The molecular formula is C13H22N2O2S. The van der Waals surface area contributed by atoms with Crippen molar-refractivity contribution in [2.45, 2.75) is 38.5 Å². The van der Waals surface area contributed by atoms with Gasteiger partial charge >= 0.3 is 0 Å². The lowest BCUT2D eigenvalue weighted by molar-refractivity contribution is 0.566. The highest BCUT2D eigenvalue weighted by Gasteiger charge is 2.28. The molecule has 0 aliphatic carbocycles. The molecule has 0 radical (unpaired) electrons. The second-order valence-corrected chi connectivity index (χ2v) is 7.79. The second-order valence-electron chi connectivity index (χ2n) is 5.35. The monoisotopic (exact) mass is 270 g/mol. The van der Waals surface area contributed by atoms with Gasteiger partial charge < -0.3 is 5.32 Å². The van der Waals surface area contributed by atoms with Crippen LogP contribution in [-0.2, 0) is 10.0 Å². The Labute approximate surface area is 110 Å². The summed E-state index contributed by atoms with van der Waals surface area (Å²) in [6, 6.07) is 7.65. The molecule has 0 heterocycles. The number of anilines is 1. The Bertz CT molecular complexity index is 487. The minimum absolute atomic E-state index is 0.248. The molecule has 0 saturated heterocycles. The van der Waals surface area contributed by atoms with Crippen molar-refractivity contribution in [3.63, 3.8) is 0 Å². The van der Waals surface area contributed by atoms with Crippen molar-refractivity contribution >= 4 is 15.7 Å². The van der Waals surface area contributed by atoms with Crippen LogP contribution in [0.2, 0.25) is 0 Å². The van der Waals surface area contributed by atoms with Crippen LogP contribution in [0.4, 0.5) is 5.69 Å². The topological polar surface area (TPSA) is 58.2 Å². The third kappa shape index (κ3) is 3.46. The smallest absolute Gasteiger partial charge is 0.237 e. The summed E-state index contributed by atoms with van der Waals surface area (Å²) in [5, 5.41) is 3.13. The van der Waals surface area contributed by atoms with E-state index in [4.69, 9.17) is 0 Å². The molecule has 1 aromatic rings. The summed E-state index contributed by atoms with van der Waals surface area (Å²) in [5.41, 5.74) is 1.72. The van der Waals surface area contributed by atoms with Crippen molar-refractivity contribution in [3.05, 3.63) is 29.8 Å². The quantitative estimate of drug-likeness (QED) is 0.884. The van der Waals surface area contributed by atoms with E-state index in [2.05, 4.69) is 10.0 Å². The van der Waals surface area contributed by atoms with Crippen LogP contribution in [0, 0.1) is 0 Å². The maximum atomic E-state index is 12.0. The number of hydrogen-bond donors (Lipinski definition) is 2. The van der Waals surface area contributed by atoms with Crippen LogP contribution in [0.15, 0.2) is 24.3 Å². The normalized spacial score (nSPS) is 14.3. The molecule has 2 N–H and O–H groups in total. The summed E-state index contributed by atoms with van der Waals surface area (Å²) in [6.07, 6.45) is 0. The van der Waals surface area contributed by atoms with E-state index in [-0.39, 0.29) is 6.04 Å². The molecule has 18 heavy (non-hydrogen) atoms. The van der Waals surface area contributed by atoms with Crippen LogP contribution < -0.4 is 10.0 Å². The van der Waals surface area contributed by atoms with Crippen molar-refractivity contribution in [2.24, 2.45) is 0 Å². The lowest BCUT2D eigenvalue weighted by Gasteiger charge is -2.20. The van der Waals surface area contributed by atoms with Crippen LogP contribution >= 0.6 is 0 Å². The van der Waals surface area contributed by atoms with Gasteiger partial charge in [-0.25, -0.2) is 8.42 Å². The van der Waals surface area contributed by atoms with Crippen LogP contribution in [0.5, 0.6) is 0 Å². The molecule has 0 spiro atoms. The molecule has 102 valence electrons. The summed E-state index contributed by atoms with van der Waals surface area (Å²) in [5.74, 6) is 0. The molecule has 0 aliphatic rings. The van der Waals surface area contributed by atoms with Gasteiger partial charge in [0.15, 0.2) is 0 Å². The summed E-state index contributed by atoms with van der Waals surface area (Å²) in [4.78, 5) is 0. The molecule has 1 atom stereocenters. The van der Waals surface area contributed by atoms with Crippen molar-refractivity contribution < 1.29 is 8.42 Å². The van der Waals surface area contributed by atoms with Gasteiger partial charge in [0.1, 0.15) is 0 Å². The highest BCUT2D eigenvalue weighted by molar-refractivity contribution is 7.94. The third-order valence-electron chi connectivity index (χ3n) is 2.90. The van der Waals surface area contributed by atoms with Crippen molar-refractivity contribution in [1.29, 1.82) is 0 Å². The maximum absolute atomic E-state index is 12.0. The Morgan fingerprint density at radius 1 is 1.11 bits per heavy atom. The Hall–Kier alpha value is -1.07. The van der Waals surface area contributed by atoms with Crippen molar-refractivity contribution in [1.82, 2.24) is 5.32 Å². The SMILES string of the molecule is CNC(C)c1ccc(NS(=O)(=O)C(C)(C)C)cc1. The van der Waals surface area contributed by atoms with E-state index >= 15 is 0 Å². The van der Waals surface area contributed by atoms with Gasteiger partial charge in [-0.15, -0.1) is 0 Å². The fourth-order valence-electron chi connectivity index (χ4n) is 1.31. The van der Waals surface area contributed by atoms with Gasteiger partial charge in [0, 0.05) is 11.7 Å². The van der Waals surface area contributed by atoms with Gasteiger partial charge in [-0.1, -0.05) is 12.1 Å². The molecule has 5 heteroatoms. The molecule has 0 fully saturated rings. The van der Waals surface area contributed by atoms with E-state index in [1.54, 1.807) is 32.9 Å². The zero-order valence-corrected chi connectivity index (χ0v) is 12.4. The molecule has 1 unspecified atom stereocenters. The number of benzene rings is 1. The zero-order valence-electron chi connectivity index (χ0n) is 11.6. The molecule has 4 nitrogen and oxygen atoms in total. The molecule has 0 aromatic heterocycles. The van der Waals surface area contributed by atoms with Crippen LogP contribution in [0.25, 0.3) is 0 Å². The van der Waals surface area contributed by atoms with E-state index in [1.807, 2.05) is 26.1 Å². The molecule has 0 bridgehead atoms. The van der Waals surface area contributed by atoms with E-state index < -0.39 is 14.8 Å². The maximum Gasteiger partial charge on any atom is 0.237 e. The van der Waals surface area contributed by atoms with Crippen LogP contribution in [-0.4, -0.2) is 20.2 Å². The van der Waals surface area contributed by atoms with Gasteiger partial charge in [-0.05, 0) is 52.4 Å². The van der Waals surface area contributed by atoms with Crippen LogP contribution in [0.1, 0.15) is 39.3 Å². The fourth-order valence-corrected chi connectivity index (χ4v) is 2.07. The number of rotatable bonds is 4. The lowest BCUT2D eigenvalue weighted by Crippen LogP contribution is -2.33. The van der Waals surface area contributed by atoms with Gasteiger partial charge in [-0.2, -0.15) is 0 Å². The van der Waals surface area contributed by atoms with E-state index in [9.17, 15) is 8.42 Å². The first kappa shape index (κ1) is 15.0. The summed E-state index contributed by atoms with van der Waals surface area (Å²) >= 11 is 0. The van der Waals surface area contributed by atoms with E-state index in [0.717, 1.165) is 5.56 Å². The molecule has 0 saturated carbocycles. The summed E-state index contributed by atoms with van der Waals surface area (Å²) in [6.45, 7) is 7.07. The van der Waals surface area contributed by atoms with E-state index in [0.29, 0.717) is 5.69 Å². The highest BCUT2D eigenvalue weighted by Crippen LogP contribution is 2.21. The van der Waals surface area contributed by atoms with Crippen LogP contribution in [0.3, 0.4) is 0 Å². The first-order valence-electron chi connectivity index (χ1n) is 5.97. The largest absolute Gasteiger partial charge is 0.313 e. The van der Waals surface area contributed by atoms with Crippen molar-refractivity contribution in [2.75, 3.05) is 11.8 Å². The molecule has 1 aromatic carbocycles. The molecule has 0 aliphatic heterocycles. The minimum Gasteiger partial charge on any atom is -0.313 e. The predicted octanol–water partition coefficient (Wildman–Crippen LogP) is 2.51. The second kappa shape index (κ2) is 5.28. The lowest BCUT2D eigenvalue weighted by atomic mass is 10.1. The summed E-state index contributed by atoms with van der Waals surface area (Å²) in [7, 11) is -1.47. The highest BCUT2D eigenvalue weighted by atomic mass is 32.2. The Morgan fingerprint density at radius 3 is 2.00 bits per heavy atom. The zero-order chi connectivity index (χ0) is 14.0. The standard InChI is InChI=1S/C13H22N2O2S/c1-10(14-5)11-6-8-12(9-7-11)15-18(16,17)13(2,3)4/h6-10,14-15H,1-5H3. The Morgan fingerprint density at radius 2 is 1.61 bits per heavy atom. The average Bonchev–Trinajstić information content (AvgIpc) is 2.27. The van der Waals surface area contributed by atoms with Crippen molar-refractivity contribution in [3.8, 4) is 0 Å². The average molecular weight is 270 g/mol. The molecular weight excluding hydrogens is 248 g/mol. The van der Waals surface area contributed by atoms with Gasteiger partial charge in [0.2, 0.25) is 10.0 Å².